The first-order chi connectivity index (χ1) is 20.5. The second-order valence-electron chi connectivity index (χ2n) is 10.4. The number of hydrogen-bond donors (Lipinski definition) is 0. The minimum atomic E-state index is -0.835. The van der Waals surface area contributed by atoms with Crippen LogP contribution < -0.4 is 4.74 Å². The highest BCUT2D eigenvalue weighted by Crippen LogP contribution is 2.35. The molecule has 0 aliphatic rings. The van der Waals surface area contributed by atoms with Gasteiger partial charge in [-0.25, -0.2) is 9.59 Å². The molecular weight excluding hydrogens is 530 g/mol. The first-order valence-corrected chi connectivity index (χ1v) is 15.4. The van der Waals surface area contributed by atoms with E-state index in [1.165, 1.54) is 44.6 Å². The summed E-state index contributed by atoms with van der Waals surface area (Å²) in [7, 11) is 0. The van der Waals surface area contributed by atoms with E-state index < -0.39 is 6.16 Å². The molecular formula is C35H45NO6. The van der Waals surface area contributed by atoms with Crippen molar-refractivity contribution in [3.05, 3.63) is 71.3 Å². The predicted octanol–water partition coefficient (Wildman–Crippen LogP) is 8.90. The average molecular weight is 576 g/mol. The fraction of sp³-hybridized carbons (Fsp3) is 0.457. The molecule has 1 heterocycles. The number of fused-ring (bicyclic) bond motifs is 1. The molecule has 0 unspecified atom stereocenters. The third-order valence-corrected chi connectivity index (χ3v) is 7.17. The maximum Gasteiger partial charge on any atom is 0.515 e. The van der Waals surface area contributed by atoms with Crippen LogP contribution in [0.15, 0.2) is 54.6 Å². The lowest BCUT2D eigenvalue weighted by Gasteiger charge is -2.12. The van der Waals surface area contributed by atoms with E-state index in [-0.39, 0.29) is 24.2 Å². The summed E-state index contributed by atoms with van der Waals surface area (Å²) in [5.41, 5.74) is 3.02. The fourth-order valence-electron chi connectivity index (χ4n) is 5.03. The average Bonchev–Trinajstić information content (AvgIpc) is 3.28. The van der Waals surface area contributed by atoms with Crippen molar-refractivity contribution in [2.24, 2.45) is 0 Å². The molecule has 0 saturated carbocycles. The number of ketones is 1. The molecule has 0 aliphatic heterocycles. The van der Waals surface area contributed by atoms with Crippen molar-refractivity contribution in [1.82, 2.24) is 4.57 Å². The lowest BCUT2D eigenvalue weighted by molar-refractivity contribution is -0.137. The highest BCUT2D eigenvalue weighted by atomic mass is 16.7. The zero-order valence-electron chi connectivity index (χ0n) is 25.4. The Bertz CT molecular complexity index is 1320. The van der Waals surface area contributed by atoms with Crippen LogP contribution in [0.3, 0.4) is 0 Å². The Hall–Kier alpha value is -3.87. The fourth-order valence-corrected chi connectivity index (χ4v) is 5.03. The molecule has 3 rings (SSSR count). The van der Waals surface area contributed by atoms with Gasteiger partial charge in [0.05, 0.1) is 30.8 Å². The van der Waals surface area contributed by atoms with Crippen LogP contribution in [0, 0.1) is 0 Å². The Labute approximate surface area is 249 Å². The van der Waals surface area contributed by atoms with Crippen LogP contribution in [0.5, 0.6) is 5.88 Å². The number of aromatic nitrogens is 1. The van der Waals surface area contributed by atoms with Gasteiger partial charge >= 0.3 is 12.1 Å². The van der Waals surface area contributed by atoms with Gasteiger partial charge in [-0.2, -0.15) is 0 Å². The Morgan fingerprint density at radius 3 is 2.07 bits per heavy atom. The van der Waals surface area contributed by atoms with E-state index in [9.17, 15) is 14.4 Å². The molecule has 0 atom stereocenters. The second-order valence-corrected chi connectivity index (χ2v) is 10.4. The maximum absolute atomic E-state index is 13.6. The molecule has 0 fully saturated rings. The Morgan fingerprint density at radius 1 is 0.762 bits per heavy atom. The van der Waals surface area contributed by atoms with Gasteiger partial charge in [-0.1, -0.05) is 101 Å². The van der Waals surface area contributed by atoms with Crippen LogP contribution in [0.4, 0.5) is 4.79 Å². The predicted molar refractivity (Wildman–Crippen MR) is 167 cm³/mol. The molecule has 1 aromatic heterocycles. The number of para-hydroxylation sites is 1. The van der Waals surface area contributed by atoms with Crippen molar-refractivity contribution in [3.63, 3.8) is 0 Å². The van der Waals surface area contributed by atoms with Crippen molar-refractivity contribution in [2.45, 2.75) is 91.5 Å². The zero-order chi connectivity index (χ0) is 30.2. The number of benzene rings is 2. The number of Topliss-reactive ketones (excluding diaryl/α,β-unsaturated/α-hetero) is 1. The number of nitrogens with zero attached hydrogens (tertiary/aromatic N) is 1. The van der Waals surface area contributed by atoms with E-state index in [1.807, 2.05) is 53.1 Å². The van der Waals surface area contributed by atoms with Gasteiger partial charge in [0.25, 0.3) is 0 Å². The molecule has 3 aromatic rings. The lowest BCUT2D eigenvalue weighted by Crippen LogP contribution is -2.15. The molecule has 7 heteroatoms. The third kappa shape index (κ3) is 9.89. The van der Waals surface area contributed by atoms with Gasteiger partial charge in [0, 0.05) is 17.9 Å². The van der Waals surface area contributed by atoms with Crippen molar-refractivity contribution in [1.29, 1.82) is 0 Å². The molecule has 0 N–H and O–H groups in total. The van der Waals surface area contributed by atoms with E-state index in [0.29, 0.717) is 25.1 Å². The van der Waals surface area contributed by atoms with E-state index in [4.69, 9.17) is 14.2 Å². The summed E-state index contributed by atoms with van der Waals surface area (Å²) in [6, 6.07) is 15.3. The second kappa shape index (κ2) is 17.8. The molecule has 2 aromatic carbocycles. The van der Waals surface area contributed by atoms with E-state index in [0.717, 1.165) is 41.3 Å². The Kier molecular flexibility index (Phi) is 13.9. The van der Waals surface area contributed by atoms with Gasteiger partial charge in [0.2, 0.25) is 5.88 Å². The molecule has 226 valence electrons. The van der Waals surface area contributed by atoms with E-state index in [2.05, 4.69) is 6.92 Å². The molecule has 0 aliphatic carbocycles. The standard InChI is InChI=1S/C35H45NO6/c1-4-7-8-9-10-11-12-13-14-19-31(37)33-29-17-15-16-18-30(29)36(34(33)42-35(39)41-6-3)26-28-22-20-27(21-23-28)24-25-32(38)40-5-2/h15-18,20-25H,4-14,19,26H2,1-3H3/b25-24+. The van der Waals surface area contributed by atoms with Crippen molar-refractivity contribution >= 4 is 34.9 Å². The van der Waals surface area contributed by atoms with Gasteiger partial charge in [0.15, 0.2) is 5.78 Å². The highest BCUT2D eigenvalue weighted by molar-refractivity contribution is 6.11. The monoisotopic (exact) mass is 575 g/mol. The number of hydrogen-bond acceptors (Lipinski definition) is 6. The van der Waals surface area contributed by atoms with Crippen LogP contribution in [0.25, 0.3) is 17.0 Å². The first-order valence-electron chi connectivity index (χ1n) is 15.4. The van der Waals surface area contributed by atoms with Gasteiger partial charge in [-0.15, -0.1) is 0 Å². The first kappa shape index (κ1) is 32.6. The number of ether oxygens (including phenoxy) is 3. The summed E-state index contributed by atoms with van der Waals surface area (Å²) >= 11 is 0. The van der Waals surface area contributed by atoms with E-state index in [1.54, 1.807) is 19.9 Å². The smallest absolute Gasteiger partial charge is 0.463 e. The van der Waals surface area contributed by atoms with Crippen LogP contribution in [0.1, 0.15) is 106 Å². The molecule has 0 amide bonds. The Morgan fingerprint density at radius 2 is 1.40 bits per heavy atom. The summed E-state index contributed by atoms with van der Waals surface area (Å²) in [6.45, 7) is 6.58. The topological polar surface area (TPSA) is 83.8 Å². The summed E-state index contributed by atoms with van der Waals surface area (Å²) in [5.74, 6) is -0.214. The van der Waals surface area contributed by atoms with Crippen molar-refractivity contribution < 1.29 is 28.6 Å². The van der Waals surface area contributed by atoms with Crippen LogP contribution in [-0.4, -0.2) is 35.7 Å². The van der Waals surface area contributed by atoms with Gasteiger partial charge in [-0.3, -0.25) is 4.79 Å². The van der Waals surface area contributed by atoms with Gasteiger partial charge in [-0.05, 0) is 43.5 Å². The lowest BCUT2D eigenvalue weighted by atomic mass is 10.0. The minimum absolute atomic E-state index is 0.0355. The van der Waals surface area contributed by atoms with E-state index >= 15 is 0 Å². The molecule has 7 nitrogen and oxygen atoms in total. The van der Waals surface area contributed by atoms with Gasteiger partial charge < -0.3 is 18.8 Å². The molecule has 0 saturated heterocycles. The third-order valence-electron chi connectivity index (χ3n) is 7.17. The highest BCUT2D eigenvalue weighted by Gasteiger charge is 2.26. The number of carbonyl (C=O) groups excluding carboxylic acids is 3. The summed E-state index contributed by atoms with van der Waals surface area (Å²) in [4.78, 5) is 37.8. The van der Waals surface area contributed by atoms with Crippen LogP contribution in [0.2, 0.25) is 0 Å². The number of unbranched alkanes of at least 4 members (excludes halogenated alkanes) is 8. The molecule has 0 radical (unpaired) electrons. The summed E-state index contributed by atoms with van der Waals surface area (Å²) in [6.07, 6.45) is 13.2. The molecule has 0 spiro atoms. The number of esters is 1. The SMILES string of the molecule is CCCCCCCCCCCC(=O)c1c(OC(=O)OCC)n(Cc2ccc(/C=C/C(=O)OCC)cc2)c2ccccc12. The Balaban J connectivity index is 1.80. The normalized spacial score (nSPS) is 11.2. The molecule has 0 bridgehead atoms. The number of carbonyl (C=O) groups is 3. The van der Waals surface area contributed by atoms with Gasteiger partial charge in [0.1, 0.15) is 0 Å². The summed E-state index contributed by atoms with van der Waals surface area (Å²) < 4.78 is 17.6. The zero-order valence-corrected chi connectivity index (χ0v) is 25.4. The maximum atomic E-state index is 13.6. The van der Waals surface area contributed by atoms with Crippen LogP contribution in [-0.2, 0) is 20.8 Å². The number of rotatable bonds is 18. The molecule has 42 heavy (non-hydrogen) atoms. The summed E-state index contributed by atoms with van der Waals surface area (Å²) in [5, 5.41) is 0.756. The van der Waals surface area contributed by atoms with Crippen molar-refractivity contribution in [3.8, 4) is 5.88 Å². The van der Waals surface area contributed by atoms with Crippen molar-refractivity contribution in [2.75, 3.05) is 13.2 Å². The minimum Gasteiger partial charge on any atom is -0.463 e. The quantitative estimate of drug-likeness (QED) is 0.0652. The largest absolute Gasteiger partial charge is 0.515 e. The van der Waals surface area contributed by atoms with Crippen LogP contribution >= 0.6 is 0 Å².